The van der Waals surface area contributed by atoms with Gasteiger partial charge in [0.05, 0.1) is 43.5 Å². The van der Waals surface area contributed by atoms with E-state index in [4.69, 9.17) is 26.8 Å². The molecule has 7 nitrogen and oxygen atoms in total. The van der Waals surface area contributed by atoms with Gasteiger partial charge in [-0.1, -0.05) is 17.7 Å². The molecule has 0 radical (unpaired) electrons. The van der Waals surface area contributed by atoms with Crippen molar-refractivity contribution >= 4 is 34.2 Å². The Morgan fingerprint density at radius 1 is 1.23 bits per heavy atom. The third-order valence-electron chi connectivity index (χ3n) is 6.11. The predicted molar refractivity (Wildman–Crippen MR) is 118 cm³/mol. The predicted octanol–water partition coefficient (Wildman–Crippen LogP) is 4.06. The van der Waals surface area contributed by atoms with Crippen molar-refractivity contribution in [3.63, 3.8) is 0 Å². The number of amides is 1. The van der Waals surface area contributed by atoms with E-state index in [1.54, 1.807) is 12.3 Å². The summed E-state index contributed by atoms with van der Waals surface area (Å²) < 4.78 is 11.5. The third-order valence-corrected chi connectivity index (χ3v) is 6.33. The van der Waals surface area contributed by atoms with Gasteiger partial charge in [-0.05, 0) is 49.2 Å². The lowest BCUT2D eigenvalue weighted by Gasteiger charge is -2.40. The molecule has 1 amide bonds. The van der Waals surface area contributed by atoms with E-state index < -0.39 is 0 Å². The summed E-state index contributed by atoms with van der Waals surface area (Å²) in [6, 6.07) is 8.86. The lowest BCUT2D eigenvalue weighted by Crippen LogP contribution is -2.49. The molecule has 2 N–H and O–H groups in total. The SMILES string of the molecule is C[C@@H]1COC[C@H](c2ccc(Cl)nc2)N1C(=O)c1ccc2nc(N)c3c(c2c1)CO[C@@H]3C. The van der Waals surface area contributed by atoms with Crippen LogP contribution in [0.2, 0.25) is 5.15 Å². The normalized spacial score (nSPS) is 23.2. The molecule has 0 bridgehead atoms. The molecule has 2 aliphatic heterocycles. The van der Waals surface area contributed by atoms with Crippen molar-refractivity contribution in [2.45, 2.75) is 38.6 Å². The van der Waals surface area contributed by atoms with Crippen molar-refractivity contribution in [1.82, 2.24) is 14.9 Å². The molecule has 3 atom stereocenters. The fourth-order valence-corrected chi connectivity index (χ4v) is 4.66. The largest absolute Gasteiger partial charge is 0.383 e. The fourth-order valence-electron chi connectivity index (χ4n) is 4.55. The van der Waals surface area contributed by atoms with E-state index in [2.05, 4.69) is 9.97 Å². The van der Waals surface area contributed by atoms with Gasteiger partial charge in [0.15, 0.2) is 0 Å². The molecule has 0 unspecified atom stereocenters. The minimum absolute atomic E-state index is 0.0600. The smallest absolute Gasteiger partial charge is 0.254 e. The van der Waals surface area contributed by atoms with E-state index in [-0.39, 0.29) is 24.1 Å². The van der Waals surface area contributed by atoms with Crippen LogP contribution < -0.4 is 5.73 Å². The second kappa shape index (κ2) is 7.75. The average Bonchev–Trinajstić information content (AvgIpc) is 3.16. The maximum atomic E-state index is 13.7. The summed E-state index contributed by atoms with van der Waals surface area (Å²) in [6.07, 6.45) is 1.60. The van der Waals surface area contributed by atoms with E-state index in [9.17, 15) is 4.79 Å². The van der Waals surface area contributed by atoms with E-state index in [0.717, 1.165) is 27.6 Å². The molecule has 2 aromatic heterocycles. The van der Waals surface area contributed by atoms with Crippen LogP contribution in [0.5, 0.6) is 0 Å². The number of hydrogen-bond donors (Lipinski definition) is 1. The van der Waals surface area contributed by atoms with Crippen LogP contribution >= 0.6 is 11.6 Å². The lowest BCUT2D eigenvalue weighted by molar-refractivity contribution is -0.0316. The molecule has 8 heteroatoms. The van der Waals surface area contributed by atoms with Gasteiger partial charge in [0, 0.05) is 22.7 Å². The number of rotatable bonds is 2. The Balaban J connectivity index is 1.56. The van der Waals surface area contributed by atoms with E-state index >= 15 is 0 Å². The average molecular weight is 439 g/mol. The summed E-state index contributed by atoms with van der Waals surface area (Å²) in [5.74, 6) is 0.430. The quantitative estimate of drug-likeness (QED) is 0.607. The first-order chi connectivity index (χ1) is 14.9. The standard InChI is InChI=1S/C23H23ClN4O3/c1-12-9-30-11-19(15-4-6-20(24)26-8-15)28(12)23(29)14-3-5-18-16(7-14)17-10-31-13(2)21(17)22(25)27-18/h3-8,12-13,19H,9-11H2,1-2H3,(H2,25,27)/t12-,13-,19-/m1/s1. The Kier molecular flexibility index (Phi) is 5.04. The molecule has 0 aliphatic carbocycles. The number of anilines is 1. The van der Waals surface area contributed by atoms with Gasteiger partial charge in [0.1, 0.15) is 11.0 Å². The Hall–Kier alpha value is -2.74. The molecule has 1 saturated heterocycles. The molecule has 3 aromatic rings. The van der Waals surface area contributed by atoms with Crippen LogP contribution in [0.4, 0.5) is 5.82 Å². The van der Waals surface area contributed by atoms with Crippen LogP contribution in [-0.2, 0) is 16.1 Å². The number of ether oxygens (including phenoxy) is 2. The topological polar surface area (TPSA) is 90.6 Å². The monoisotopic (exact) mass is 438 g/mol. The zero-order valence-electron chi connectivity index (χ0n) is 17.3. The van der Waals surface area contributed by atoms with E-state index in [1.807, 2.05) is 43.0 Å². The highest BCUT2D eigenvalue weighted by molar-refractivity contribution is 6.29. The first-order valence-electron chi connectivity index (χ1n) is 10.3. The Morgan fingerprint density at radius 2 is 2.06 bits per heavy atom. The lowest BCUT2D eigenvalue weighted by atomic mass is 9.98. The molecular formula is C23H23ClN4O3. The van der Waals surface area contributed by atoms with Crippen molar-refractivity contribution in [1.29, 1.82) is 0 Å². The van der Waals surface area contributed by atoms with Gasteiger partial charge in [-0.15, -0.1) is 0 Å². The summed E-state index contributed by atoms with van der Waals surface area (Å²) >= 11 is 5.95. The molecule has 4 heterocycles. The van der Waals surface area contributed by atoms with Crippen molar-refractivity contribution in [2.75, 3.05) is 18.9 Å². The van der Waals surface area contributed by atoms with Crippen LogP contribution in [0.15, 0.2) is 36.5 Å². The molecule has 5 rings (SSSR count). The third kappa shape index (κ3) is 3.43. The minimum Gasteiger partial charge on any atom is -0.383 e. The number of nitrogens with zero attached hydrogens (tertiary/aromatic N) is 3. The van der Waals surface area contributed by atoms with Crippen LogP contribution in [0.25, 0.3) is 10.9 Å². The van der Waals surface area contributed by atoms with Crippen LogP contribution in [0.1, 0.15) is 53.0 Å². The number of pyridine rings is 2. The van der Waals surface area contributed by atoms with E-state index in [1.165, 1.54) is 0 Å². The van der Waals surface area contributed by atoms with Crippen molar-refractivity contribution in [3.05, 3.63) is 63.9 Å². The number of hydrogen-bond acceptors (Lipinski definition) is 6. The first-order valence-corrected chi connectivity index (χ1v) is 10.7. The highest BCUT2D eigenvalue weighted by atomic mass is 35.5. The Bertz CT molecular complexity index is 1170. The Morgan fingerprint density at radius 3 is 2.84 bits per heavy atom. The number of carbonyl (C=O) groups is 1. The molecule has 0 saturated carbocycles. The molecule has 1 fully saturated rings. The molecule has 0 spiro atoms. The minimum atomic E-state index is -0.240. The molecule has 160 valence electrons. The first kappa shape index (κ1) is 20.2. The van der Waals surface area contributed by atoms with Crippen molar-refractivity contribution in [3.8, 4) is 0 Å². The van der Waals surface area contributed by atoms with E-state index in [0.29, 0.717) is 36.4 Å². The molecule has 2 aliphatic rings. The number of carbonyl (C=O) groups excluding carboxylic acids is 1. The number of fused-ring (bicyclic) bond motifs is 3. The zero-order valence-corrected chi connectivity index (χ0v) is 18.1. The van der Waals surface area contributed by atoms with Crippen LogP contribution in [-0.4, -0.2) is 40.0 Å². The summed E-state index contributed by atoms with van der Waals surface area (Å²) in [7, 11) is 0. The summed E-state index contributed by atoms with van der Waals surface area (Å²) in [5.41, 5.74) is 10.3. The maximum absolute atomic E-state index is 13.7. The summed E-state index contributed by atoms with van der Waals surface area (Å²) in [4.78, 5) is 24.3. The fraction of sp³-hybridized carbons (Fsp3) is 0.348. The second-order valence-corrected chi connectivity index (χ2v) is 8.49. The van der Waals surface area contributed by atoms with Gasteiger partial charge in [-0.25, -0.2) is 9.97 Å². The van der Waals surface area contributed by atoms with Crippen molar-refractivity contribution in [2.24, 2.45) is 0 Å². The summed E-state index contributed by atoms with van der Waals surface area (Å²) in [5, 5.41) is 1.32. The van der Waals surface area contributed by atoms with Gasteiger partial charge in [-0.2, -0.15) is 0 Å². The maximum Gasteiger partial charge on any atom is 0.254 e. The molecular weight excluding hydrogens is 416 g/mol. The number of nitrogens with two attached hydrogens (primary N) is 1. The number of nitrogen functional groups attached to an aromatic ring is 1. The number of aromatic nitrogens is 2. The van der Waals surface area contributed by atoms with Gasteiger partial charge in [0.2, 0.25) is 0 Å². The number of benzene rings is 1. The van der Waals surface area contributed by atoms with Crippen molar-refractivity contribution < 1.29 is 14.3 Å². The van der Waals surface area contributed by atoms with Gasteiger partial charge in [-0.3, -0.25) is 4.79 Å². The Labute approximate surface area is 185 Å². The highest BCUT2D eigenvalue weighted by Crippen LogP contribution is 2.38. The van der Waals surface area contributed by atoms with Gasteiger partial charge < -0.3 is 20.1 Å². The molecule has 1 aromatic carbocycles. The van der Waals surface area contributed by atoms with Gasteiger partial charge in [0.25, 0.3) is 5.91 Å². The molecule has 31 heavy (non-hydrogen) atoms. The van der Waals surface area contributed by atoms with Crippen LogP contribution in [0.3, 0.4) is 0 Å². The summed E-state index contributed by atoms with van der Waals surface area (Å²) in [6.45, 7) is 5.31. The second-order valence-electron chi connectivity index (χ2n) is 8.10. The number of morpholine rings is 1. The highest BCUT2D eigenvalue weighted by Gasteiger charge is 2.35. The van der Waals surface area contributed by atoms with Gasteiger partial charge >= 0.3 is 0 Å². The zero-order chi connectivity index (χ0) is 21.7. The number of halogens is 1. The van der Waals surface area contributed by atoms with Crippen LogP contribution in [0, 0.1) is 0 Å².